The molecule has 1 aliphatic heterocycles. The van der Waals surface area contributed by atoms with E-state index in [0.717, 1.165) is 5.69 Å². The summed E-state index contributed by atoms with van der Waals surface area (Å²) in [4.78, 5) is 39.2. The number of amides is 2. The molecule has 0 bridgehead atoms. The third-order valence-corrected chi connectivity index (χ3v) is 6.64. The van der Waals surface area contributed by atoms with E-state index in [4.69, 9.17) is 5.26 Å². The summed E-state index contributed by atoms with van der Waals surface area (Å²) in [6.07, 6.45) is 0. The van der Waals surface area contributed by atoms with Crippen molar-refractivity contribution in [2.75, 3.05) is 37.6 Å². The lowest BCUT2D eigenvalue weighted by Gasteiger charge is -2.35. The molecular weight excluding hydrogens is 462 g/mol. The van der Waals surface area contributed by atoms with Gasteiger partial charge in [0.25, 0.3) is 0 Å². The Bertz CT molecular complexity index is 1190. The number of nitriles is 1. The normalized spacial score (nSPS) is 14.9. The maximum Gasteiger partial charge on any atom is 0.242 e. The summed E-state index contributed by atoms with van der Waals surface area (Å²) in [6, 6.07) is 14.3. The summed E-state index contributed by atoms with van der Waals surface area (Å²) in [7, 11) is -4.14. The van der Waals surface area contributed by atoms with Crippen LogP contribution in [0.1, 0.15) is 5.56 Å². The van der Waals surface area contributed by atoms with Crippen LogP contribution in [0, 0.1) is 11.3 Å². The third-order valence-electron chi connectivity index (χ3n) is 5.15. The number of piperazine rings is 1. The van der Waals surface area contributed by atoms with Crippen molar-refractivity contribution in [3.05, 3.63) is 60.2 Å². The Labute approximate surface area is 196 Å². The van der Waals surface area contributed by atoms with Gasteiger partial charge in [-0.25, -0.2) is 13.1 Å². The van der Waals surface area contributed by atoms with Crippen LogP contribution in [-0.4, -0.2) is 69.9 Å². The van der Waals surface area contributed by atoms with E-state index < -0.39 is 34.5 Å². The molecule has 0 aliphatic carbocycles. The van der Waals surface area contributed by atoms with E-state index >= 15 is 0 Å². The molecule has 1 atom stereocenters. The molecule has 0 aromatic heterocycles. The van der Waals surface area contributed by atoms with Gasteiger partial charge in [-0.1, -0.05) is 18.2 Å². The van der Waals surface area contributed by atoms with Gasteiger partial charge in [0.2, 0.25) is 21.8 Å². The number of carboxylic acids is 1. The summed E-state index contributed by atoms with van der Waals surface area (Å²) in [5, 5.41) is 22.6. The molecule has 178 valence electrons. The number of carbonyl (C=O) groups is 3. The molecule has 2 aromatic rings. The number of nitrogens with zero attached hydrogens (tertiary/aromatic N) is 3. The van der Waals surface area contributed by atoms with E-state index in [2.05, 4.69) is 5.32 Å². The fourth-order valence-corrected chi connectivity index (χ4v) is 4.52. The Balaban J connectivity index is 1.52. The second-order valence-electron chi connectivity index (χ2n) is 7.51. The Hall–Kier alpha value is -3.95. The quantitative estimate of drug-likeness (QED) is 0.431. The predicted octanol–water partition coefficient (Wildman–Crippen LogP) is -1.58. The zero-order chi connectivity index (χ0) is 24.7. The molecule has 1 heterocycles. The smallest absolute Gasteiger partial charge is 0.242 e. The van der Waals surface area contributed by atoms with Crippen molar-refractivity contribution in [3.8, 4) is 6.07 Å². The molecule has 1 saturated heterocycles. The molecule has 0 spiro atoms. The second kappa shape index (κ2) is 10.8. The standard InChI is InChI=1S/C22H23N5O6S/c23-12-16-6-8-17(9-7-16)26-10-11-27(21(29)15-26)14-20(28)24-13-19(22(30)31)25-34(32,33)18-4-2-1-3-5-18/h1-9,19,25H,10-11,13-15H2,(H,24,28)(H,30,31)/p-1. The van der Waals surface area contributed by atoms with Crippen LogP contribution in [0.5, 0.6) is 0 Å². The number of hydrogen-bond donors (Lipinski definition) is 2. The summed E-state index contributed by atoms with van der Waals surface area (Å²) in [5.74, 6) is -2.63. The number of carboxylic acid groups (broad SMARTS) is 1. The van der Waals surface area contributed by atoms with Crippen molar-refractivity contribution >= 4 is 33.5 Å². The van der Waals surface area contributed by atoms with Gasteiger partial charge in [-0.3, -0.25) is 9.59 Å². The molecular formula is C22H22N5O6S-. The molecule has 12 heteroatoms. The average molecular weight is 485 g/mol. The lowest BCUT2D eigenvalue weighted by molar-refractivity contribution is -0.307. The van der Waals surface area contributed by atoms with Gasteiger partial charge in [0, 0.05) is 25.3 Å². The molecule has 11 nitrogen and oxygen atoms in total. The van der Waals surface area contributed by atoms with Crippen LogP contribution in [0.3, 0.4) is 0 Å². The van der Waals surface area contributed by atoms with Crippen molar-refractivity contribution in [2.45, 2.75) is 10.9 Å². The first-order valence-corrected chi connectivity index (χ1v) is 11.8. The monoisotopic (exact) mass is 484 g/mol. The fraction of sp³-hybridized carbons (Fsp3) is 0.273. The van der Waals surface area contributed by atoms with Gasteiger partial charge in [0.05, 0.1) is 41.6 Å². The van der Waals surface area contributed by atoms with Crippen molar-refractivity contribution < 1.29 is 27.9 Å². The van der Waals surface area contributed by atoms with Crippen LogP contribution in [0.25, 0.3) is 0 Å². The van der Waals surface area contributed by atoms with Gasteiger partial charge >= 0.3 is 0 Å². The van der Waals surface area contributed by atoms with E-state index in [1.165, 1.54) is 29.2 Å². The molecule has 2 aromatic carbocycles. The topological polar surface area (TPSA) is 163 Å². The predicted molar refractivity (Wildman–Crippen MR) is 119 cm³/mol. The minimum Gasteiger partial charge on any atom is -0.548 e. The van der Waals surface area contributed by atoms with Gasteiger partial charge in [0.15, 0.2) is 0 Å². The fourth-order valence-electron chi connectivity index (χ4n) is 3.32. The third kappa shape index (κ3) is 6.31. The molecule has 1 unspecified atom stereocenters. The minimum atomic E-state index is -4.14. The number of sulfonamides is 1. The number of benzene rings is 2. The van der Waals surface area contributed by atoms with Crippen molar-refractivity contribution in [1.82, 2.24) is 14.9 Å². The highest BCUT2D eigenvalue weighted by atomic mass is 32.2. The van der Waals surface area contributed by atoms with Crippen LogP contribution in [0.2, 0.25) is 0 Å². The molecule has 3 rings (SSSR count). The molecule has 34 heavy (non-hydrogen) atoms. The average Bonchev–Trinajstić information content (AvgIpc) is 2.83. The Morgan fingerprint density at radius 3 is 2.35 bits per heavy atom. The van der Waals surface area contributed by atoms with Crippen molar-refractivity contribution in [3.63, 3.8) is 0 Å². The van der Waals surface area contributed by atoms with Crippen LogP contribution in [0.4, 0.5) is 5.69 Å². The first-order valence-electron chi connectivity index (χ1n) is 10.3. The zero-order valence-electron chi connectivity index (χ0n) is 18.0. The van der Waals surface area contributed by atoms with E-state index in [1.54, 1.807) is 30.3 Å². The number of aliphatic carboxylic acids is 1. The van der Waals surface area contributed by atoms with Gasteiger partial charge in [0.1, 0.15) is 0 Å². The number of rotatable bonds is 9. The minimum absolute atomic E-state index is 0.0394. The number of nitrogens with one attached hydrogen (secondary N) is 2. The number of hydrogen-bond acceptors (Lipinski definition) is 8. The van der Waals surface area contributed by atoms with Gasteiger partial charge < -0.3 is 25.0 Å². The van der Waals surface area contributed by atoms with Crippen LogP contribution in [-0.2, 0) is 24.4 Å². The van der Waals surface area contributed by atoms with Crippen molar-refractivity contribution in [1.29, 1.82) is 5.26 Å². The van der Waals surface area contributed by atoms with Crippen molar-refractivity contribution in [2.24, 2.45) is 0 Å². The highest BCUT2D eigenvalue weighted by Crippen LogP contribution is 2.17. The van der Waals surface area contributed by atoms with Gasteiger partial charge in [-0.05, 0) is 36.4 Å². The van der Waals surface area contributed by atoms with E-state index in [9.17, 15) is 27.9 Å². The molecule has 0 saturated carbocycles. The summed E-state index contributed by atoms with van der Waals surface area (Å²) in [6.45, 7) is -0.0874. The highest BCUT2D eigenvalue weighted by molar-refractivity contribution is 7.89. The summed E-state index contributed by atoms with van der Waals surface area (Å²) in [5.41, 5.74) is 1.28. The van der Waals surface area contributed by atoms with Crippen LogP contribution in [0.15, 0.2) is 59.5 Å². The molecule has 1 fully saturated rings. The SMILES string of the molecule is N#Cc1ccc(N2CCN(CC(=O)NCC(NS(=O)(=O)c3ccccc3)C(=O)[O-])C(=O)C2)cc1. The molecule has 2 amide bonds. The maximum atomic E-state index is 12.5. The lowest BCUT2D eigenvalue weighted by atomic mass is 10.2. The summed E-state index contributed by atoms with van der Waals surface area (Å²) >= 11 is 0. The van der Waals surface area contributed by atoms with E-state index in [0.29, 0.717) is 12.1 Å². The van der Waals surface area contributed by atoms with Crippen LogP contribution < -0.4 is 20.0 Å². The van der Waals surface area contributed by atoms with Gasteiger partial charge in [-0.15, -0.1) is 0 Å². The van der Waals surface area contributed by atoms with Gasteiger partial charge in [-0.2, -0.15) is 5.26 Å². The second-order valence-corrected chi connectivity index (χ2v) is 9.22. The number of anilines is 1. The first kappa shape index (κ1) is 24.7. The lowest BCUT2D eigenvalue weighted by Crippen LogP contribution is -2.56. The Morgan fingerprint density at radius 2 is 1.76 bits per heavy atom. The Kier molecular flexibility index (Phi) is 7.83. The van der Waals surface area contributed by atoms with E-state index in [1.807, 2.05) is 15.7 Å². The number of carbonyl (C=O) groups excluding carboxylic acids is 3. The molecule has 0 radical (unpaired) electrons. The zero-order valence-corrected chi connectivity index (χ0v) is 18.8. The first-order chi connectivity index (χ1) is 16.2. The summed E-state index contributed by atoms with van der Waals surface area (Å²) < 4.78 is 26.7. The maximum absolute atomic E-state index is 12.5. The molecule has 2 N–H and O–H groups in total. The Morgan fingerprint density at radius 1 is 1.09 bits per heavy atom. The highest BCUT2D eigenvalue weighted by Gasteiger charge is 2.26. The molecule has 1 aliphatic rings. The van der Waals surface area contributed by atoms with E-state index in [-0.39, 0.29) is 30.4 Å². The largest absolute Gasteiger partial charge is 0.548 e. The van der Waals surface area contributed by atoms with Crippen LogP contribution >= 0.6 is 0 Å².